The maximum absolute atomic E-state index is 12.9. The van der Waals surface area contributed by atoms with Gasteiger partial charge in [-0.25, -0.2) is 4.39 Å². The van der Waals surface area contributed by atoms with Crippen molar-refractivity contribution in [1.29, 1.82) is 0 Å². The number of hydrogen-bond donors (Lipinski definition) is 0. The maximum atomic E-state index is 12.9. The van der Waals surface area contributed by atoms with Gasteiger partial charge in [0.1, 0.15) is 5.82 Å². The molecule has 1 fully saturated rings. The highest BCUT2D eigenvalue weighted by Gasteiger charge is 2.28. The van der Waals surface area contributed by atoms with Crippen molar-refractivity contribution in [2.24, 2.45) is 10.9 Å². The lowest BCUT2D eigenvalue weighted by atomic mass is 10.00. The smallest absolute Gasteiger partial charge is 0.286 e. The van der Waals surface area contributed by atoms with Crippen LogP contribution in [0.25, 0.3) is 6.08 Å². The predicted octanol–water partition coefficient (Wildman–Crippen LogP) is 3.53. The van der Waals surface area contributed by atoms with Gasteiger partial charge in [-0.3, -0.25) is 4.79 Å². The molecule has 3 nitrogen and oxygen atoms in total. The number of thioether (sulfide) groups is 1. The van der Waals surface area contributed by atoms with E-state index < -0.39 is 0 Å². The van der Waals surface area contributed by atoms with Gasteiger partial charge in [0.25, 0.3) is 5.91 Å². The minimum atomic E-state index is -0.276. The third kappa shape index (κ3) is 3.35. The Morgan fingerprint density at radius 3 is 2.62 bits per heavy atom. The molecule has 0 aliphatic carbocycles. The molecule has 5 heteroatoms. The van der Waals surface area contributed by atoms with Gasteiger partial charge in [-0.05, 0) is 54.3 Å². The molecule has 0 radical (unpaired) electrons. The zero-order valence-corrected chi connectivity index (χ0v) is 12.7. The van der Waals surface area contributed by atoms with Gasteiger partial charge < -0.3 is 4.90 Å². The molecule has 2 aliphatic rings. The number of hydrogen-bond acceptors (Lipinski definition) is 3. The quantitative estimate of drug-likeness (QED) is 0.744. The van der Waals surface area contributed by atoms with E-state index in [9.17, 15) is 9.18 Å². The number of carbonyl (C=O) groups is 1. The number of amides is 1. The van der Waals surface area contributed by atoms with Gasteiger partial charge in [-0.2, -0.15) is 4.99 Å². The molecule has 0 atom stereocenters. The Balaban J connectivity index is 1.71. The first-order valence-electron chi connectivity index (χ1n) is 7.15. The molecule has 1 amide bonds. The summed E-state index contributed by atoms with van der Waals surface area (Å²) in [6, 6.07) is 6.11. The van der Waals surface area contributed by atoms with E-state index in [-0.39, 0.29) is 11.7 Å². The molecule has 0 saturated carbocycles. The number of amidine groups is 1. The van der Waals surface area contributed by atoms with Crippen LogP contribution >= 0.6 is 11.8 Å². The van der Waals surface area contributed by atoms with Gasteiger partial charge in [0.2, 0.25) is 0 Å². The molecule has 1 aromatic carbocycles. The van der Waals surface area contributed by atoms with Crippen molar-refractivity contribution in [3.63, 3.8) is 0 Å². The monoisotopic (exact) mass is 304 g/mol. The Morgan fingerprint density at radius 2 is 1.95 bits per heavy atom. The lowest BCUT2D eigenvalue weighted by molar-refractivity contribution is -0.113. The lowest BCUT2D eigenvalue weighted by Crippen LogP contribution is -2.35. The van der Waals surface area contributed by atoms with E-state index in [0.29, 0.717) is 4.91 Å². The molecular formula is C16H17FN2OS. The summed E-state index contributed by atoms with van der Waals surface area (Å²) in [7, 11) is 0. The molecule has 0 aromatic heterocycles. The Morgan fingerprint density at radius 1 is 1.29 bits per heavy atom. The average molecular weight is 304 g/mol. The number of likely N-dealkylation sites (tertiary alicyclic amines) is 1. The van der Waals surface area contributed by atoms with Crippen LogP contribution in [0.4, 0.5) is 4.39 Å². The van der Waals surface area contributed by atoms with E-state index in [1.165, 1.54) is 23.9 Å². The molecule has 2 heterocycles. The lowest BCUT2D eigenvalue weighted by Gasteiger charge is -2.30. The predicted molar refractivity (Wildman–Crippen MR) is 84.4 cm³/mol. The fourth-order valence-electron chi connectivity index (χ4n) is 2.44. The standard InChI is InChI=1S/C16H17FN2OS/c1-11-6-8-19(9-7-11)16-18-15(20)14(21-16)10-12-2-4-13(17)5-3-12/h2-5,10-11H,6-9H2,1H3/b14-10-. The topological polar surface area (TPSA) is 32.7 Å². The van der Waals surface area contributed by atoms with E-state index in [0.717, 1.165) is 42.6 Å². The van der Waals surface area contributed by atoms with Gasteiger partial charge in [-0.1, -0.05) is 19.1 Å². The SMILES string of the molecule is CC1CCN(C2=NC(=O)/C(=C/c3ccc(F)cc3)S2)CC1. The van der Waals surface area contributed by atoms with E-state index in [2.05, 4.69) is 16.8 Å². The van der Waals surface area contributed by atoms with Crippen molar-refractivity contribution in [3.8, 4) is 0 Å². The van der Waals surface area contributed by atoms with E-state index in [4.69, 9.17) is 0 Å². The fraction of sp³-hybridized carbons (Fsp3) is 0.375. The molecular weight excluding hydrogens is 287 g/mol. The Labute approximate surface area is 127 Å². The number of benzene rings is 1. The molecule has 0 bridgehead atoms. The highest BCUT2D eigenvalue weighted by molar-refractivity contribution is 8.18. The Bertz CT molecular complexity index is 601. The van der Waals surface area contributed by atoms with Gasteiger partial charge in [-0.15, -0.1) is 0 Å². The first-order valence-corrected chi connectivity index (χ1v) is 7.96. The largest absolute Gasteiger partial charge is 0.351 e. The maximum Gasteiger partial charge on any atom is 0.286 e. The van der Waals surface area contributed by atoms with E-state index in [1.54, 1.807) is 18.2 Å². The molecule has 2 aliphatic heterocycles. The minimum absolute atomic E-state index is 0.196. The molecule has 1 aromatic rings. The Kier molecular flexibility index (Phi) is 4.10. The first kappa shape index (κ1) is 14.3. The second kappa shape index (κ2) is 6.02. The minimum Gasteiger partial charge on any atom is -0.351 e. The molecule has 3 rings (SSSR count). The summed E-state index contributed by atoms with van der Waals surface area (Å²) >= 11 is 1.42. The number of piperidine rings is 1. The number of nitrogens with zero attached hydrogens (tertiary/aromatic N) is 2. The molecule has 1 saturated heterocycles. The average Bonchev–Trinajstić information content (AvgIpc) is 2.83. The van der Waals surface area contributed by atoms with Crippen LogP contribution < -0.4 is 0 Å². The van der Waals surface area contributed by atoms with Crippen molar-refractivity contribution < 1.29 is 9.18 Å². The van der Waals surface area contributed by atoms with Crippen LogP contribution in [0.15, 0.2) is 34.2 Å². The molecule has 110 valence electrons. The zero-order chi connectivity index (χ0) is 14.8. The first-order chi connectivity index (χ1) is 10.1. The van der Waals surface area contributed by atoms with Crippen LogP contribution in [-0.4, -0.2) is 29.1 Å². The van der Waals surface area contributed by atoms with Crippen LogP contribution in [0.2, 0.25) is 0 Å². The summed E-state index contributed by atoms with van der Waals surface area (Å²) in [5, 5.41) is 0.806. The van der Waals surface area contributed by atoms with Crippen molar-refractivity contribution >= 4 is 28.9 Å². The van der Waals surface area contributed by atoms with Gasteiger partial charge in [0.15, 0.2) is 5.17 Å². The van der Waals surface area contributed by atoms with Crippen molar-refractivity contribution in [2.45, 2.75) is 19.8 Å². The van der Waals surface area contributed by atoms with Crippen LogP contribution in [0.5, 0.6) is 0 Å². The molecule has 0 spiro atoms. The summed E-state index contributed by atoms with van der Waals surface area (Å²) in [6.45, 7) is 4.18. The Hall–Kier alpha value is -1.62. The second-order valence-corrected chi connectivity index (χ2v) is 6.54. The van der Waals surface area contributed by atoms with Gasteiger partial charge in [0, 0.05) is 13.1 Å². The number of aliphatic imine (C=N–C) groups is 1. The van der Waals surface area contributed by atoms with Crippen molar-refractivity contribution in [3.05, 3.63) is 40.6 Å². The van der Waals surface area contributed by atoms with Crippen LogP contribution in [0.3, 0.4) is 0 Å². The third-order valence-corrected chi connectivity index (χ3v) is 4.88. The van der Waals surface area contributed by atoms with Crippen LogP contribution in [-0.2, 0) is 4.79 Å². The third-order valence-electron chi connectivity index (χ3n) is 3.83. The number of halogens is 1. The summed E-state index contributed by atoms with van der Waals surface area (Å²) in [5.41, 5.74) is 0.816. The van der Waals surface area contributed by atoms with Gasteiger partial charge >= 0.3 is 0 Å². The number of carbonyl (C=O) groups excluding carboxylic acids is 1. The normalized spacial score (nSPS) is 22.0. The van der Waals surface area contributed by atoms with Crippen LogP contribution in [0, 0.1) is 11.7 Å². The molecule has 21 heavy (non-hydrogen) atoms. The van der Waals surface area contributed by atoms with Crippen molar-refractivity contribution in [1.82, 2.24) is 4.90 Å². The summed E-state index contributed by atoms with van der Waals surface area (Å²) < 4.78 is 12.9. The fourth-order valence-corrected chi connectivity index (χ4v) is 3.41. The summed E-state index contributed by atoms with van der Waals surface area (Å²) in [6.07, 6.45) is 4.06. The van der Waals surface area contributed by atoms with E-state index in [1.807, 2.05) is 0 Å². The molecule has 0 N–H and O–H groups in total. The van der Waals surface area contributed by atoms with E-state index >= 15 is 0 Å². The summed E-state index contributed by atoms with van der Waals surface area (Å²) in [4.78, 5) is 18.9. The highest BCUT2D eigenvalue weighted by atomic mass is 32.2. The number of rotatable bonds is 1. The zero-order valence-electron chi connectivity index (χ0n) is 11.9. The van der Waals surface area contributed by atoms with Crippen molar-refractivity contribution in [2.75, 3.05) is 13.1 Å². The van der Waals surface area contributed by atoms with Gasteiger partial charge in [0.05, 0.1) is 4.91 Å². The molecule has 0 unspecified atom stereocenters. The highest BCUT2D eigenvalue weighted by Crippen LogP contribution is 2.32. The summed E-state index contributed by atoms with van der Waals surface area (Å²) in [5.74, 6) is 0.276. The van der Waals surface area contributed by atoms with Crippen LogP contribution in [0.1, 0.15) is 25.3 Å². The second-order valence-electron chi connectivity index (χ2n) is 5.53.